The SMILES string of the molecule is CCC(N)c1noc(C2CC2)n1. The van der Waals surface area contributed by atoms with Crippen LogP contribution in [0.5, 0.6) is 0 Å². The van der Waals surface area contributed by atoms with Crippen LogP contribution in [0.15, 0.2) is 4.52 Å². The summed E-state index contributed by atoms with van der Waals surface area (Å²) in [4.78, 5) is 4.24. The number of rotatable bonds is 3. The van der Waals surface area contributed by atoms with Crippen LogP contribution in [0.4, 0.5) is 0 Å². The standard InChI is InChI=1S/C8H13N3O/c1-2-6(9)7-10-8(12-11-7)5-3-4-5/h5-6H,2-4,9H2,1H3. The lowest BCUT2D eigenvalue weighted by atomic mass is 10.2. The van der Waals surface area contributed by atoms with Gasteiger partial charge in [0.1, 0.15) is 0 Å². The Hall–Kier alpha value is -0.900. The number of nitrogens with zero attached hydrogens (tertiary/aromatic N) is 2. The molecule has 12 heavy (non-hydrogen) atoms. The fourth-order valence-corrected chi connectivity index (χ4v) is 1.08. The molecule has 1 aliphatic rings. The summed E-state index contributed by atoms with van der Waals surface area (Å²) >= 11 is 0. The first-order chi connectivity index (χ1) is 5.81. The zero-order chi connectivity index (χ0) is 8.55. The highest BCUT2D eigenvalue weighted by Crippen LogP contribution is 2.39. The first kappa shape index (κ1) is 7.73. The summed E-state index contributed by atoms with van der Waals surface area (Å²) < 4.78 is 5.07. The molecular formula is C8H13N3O. The number of aromatic nitrogens is 2. The summed E-state index contributed by atoms with van der Waals surface area (Å²) in [7, 11) is 0. The van der Waals surface area contributed by atoms with E-state index in [9.17, 15) is 0 Å². The van der Waals surface area contributed by atoms with Crippen LogP contribution in [-0.4, -0.2) is 10.1 Å². The van der Waals surface area contributed by atoms with Crippen molar-refractivity contribution in [2.45, 2.75) is 38.1 Å². The van der Waals surface area contributed by atoms with Gasteiger partial charge in [-0.05, 0) is 19.3 Å². The predicted molar refractivity (Wildman–Crippen MR) is 43.5 cm³/mol. The van der Waals surface area contributed by atoms with Gasteiger partial charge in [0.2, 0.25) is 5.89 Å². The number of nitrogens with two attached hydrogens (primary N) is 1. The van der Waals surface area contributed by atoms with E-state index < -0.39 is 0 Å². The van der Waals surface area contributed by atoms with Crippen molar-refractivity contribution in [1.82, 2.24) is 10.1 Å². The van der Waals surface area contributed by atoms with Gasteiger partial charge in [0.05, 0.1) is 6.04 Å². The first-order valence-electron chi connectivity index (χ1n) is 4.40. The zero-order valence-electron chi connectivity index (χ0n) is 7.16. The summed E-state index contributed by atoms with van der Waals surface area (Å²) in [6.07, 6.45) is 3.22. The molecule has 0 amide bonds. The molecule has 1 saturated carbocycles. The van der Waals surface area contributed by atoms with Gasteiger partial charge in [0.15, 0.2) is 5.82 Å². The number of hydrogen-bond donors (Lipinski definition) is 1. The van der Waals surface area contributed by atoms with Crippen molar-refractivity contribution in [1.29, 1.82) is 0 Å². The number of hydrogen-bond acceptors (Lipinski definition) is 4. The molecule has 1 aliphatic carbocycles. The molecule has 1 aromatic heterocycles. The van der Waals surface area contributed by atoms with E-state index >= 15 is 0 Å². The van der Waals surface area contributed by atoms with Crippen molar-refractivity contribution in [3.05, 3.63) is 11.7 Å². The molecule has 66 valence electrons. The molecule has 0 saturated heterocycles. The van der Waals surface area contributed by atoms with Gasteiger partial charge in [-0.2, -0.15) is 4.98 Å². The van der Waals surface area contributed by atoms with Crippen LogP contribution in [0.25, 0.3) is 0 Å². The lowest BCUT2D eigenvalue weighted by Gasteiger charge is -1.99. The van der Waals surface area contributed by atoms with Crippen LogP contribution in [-0.2, 0) is 0 Å². The normalized spacial score (nSPS) is 19.5. The van der Waals surface area contributed by atoms with E-state index in [1.165, 1.54) is 12.8 Å². The Bertz CT molecular complexity index is 267. The molecule has 1 heterocycles. The third-order valence-electron chi connectivity index (χ3n) is 2.16. The second-order valence-corrected chi connectivity index (χ2v) is 3.28. The summed E-state index contributed by atoms with van der Waals surface area (Å²) in [6.45, 7) is 2.01. The van der Waals surface area contributed by atoms with E-state index in [0.717, 1.165) is 12.3 Å². The minimum Gasteiger partial charge on any atom is -0.339 e. The topological polar surface area (TPSA) is 64.9 Å². The maximum atomic E-state index is 5.74. The lowest BCUT2D eigenvalue weighted by molar-refractivity contribution is 0.370. The van der Waals surface area contributed by atoms with Crippen molar-refractivity contribution in [3.63, 3.8) is 0 Å². The van der Waals surface area contributed by atoms with Crippen LogP contribution < -0.4 is 5.73 Å². The van der Waals surface area contributed by atoms with E-state index in [-0.39, 0.29) is 6.04 Å². The van der Waals surface area contributed by atoms with Gasteiger partial charge in [-0.1, -0.05) is 12.1 Å². The molecule has 1 unspecified atom stereocenters. The zero-order valence-corrected chi connectivity index (χ0v) is 7.16. The third-order valence-corrected chi connectivity index (χ3v) is 2.16. The lowest BCUT2D eigenvalue weighted by Crippen LogP contribution is -2.10. The maximum Gasteiger partial charge on any atom is 0.229 e. The summed E-state index contributed by atoms with van der Waals surface area (Å²) in [6, 6.07) is -0.0683. The molecule has 2 rings (SSSR count). The van der Waals surface area contributed by atoms with Gasteiger partial charge in [-0.15, -0.1) is 0 Å². The van der Waals surface area contributed by atoms with Gasteiger partial charge in [-0.3, -0.25) is 0 Å². The molecule has 1 aromatic rings. The highest BCUT2D eigenvalue weighted by Gasteiger charge is 2.30. The van der Waals surface area contributed by atoms with Crippen molar-refractivity contribution in [2.75, 3.05) is 0 Å². The Morgan fingerprint density at radius 1 is 1.67 bits per heavy atom. The van der Waals surface area contributed by atoms with E-state index in [4.69, 9.17) is 10.3 Å². The second-order valence-electron chi connectivity index (χ2n) is 3.28. The quantitative estimate of drug-likeness (QED) is 0.738. The summed E-state index contributed by atoms with van der Waals surface area (Å²) in [5, 5.41) is 3.84. The van der Waals surface area contributed by atoms with Crippen LogP contribution in [0.3, 0.4) is 0 Å². The summed E-state index contributed by atoms with van der Waals surface area (Å²) in [5.74, 6) is 1.95. The van der Waals surface area contributed by atoms with Gasteiger partial charge in [-0.25, -0.2) is 0 Å². The molecule has 4 nitrogen and oxygen atoms in total. The molecule has 1 fully saturated rings. The molecule has 0 bridgehead atoms. The smallest absolute Gasteiger partial charge is 0.229 e. The average molecular weight is 167 g/mol. The van der Waals surface area contributed by atoms with E-state index in [2.05, 4.69) is 10.1 Å². The Labute approximate surface area is 71.1 Å². The molecular weight excluding hydrogens is 154 g/mol. The molecule has 0 radical (unpaired) electrons. The Balaban J connectivity index is 2.12. The van der Waals surface area contributed by atoms with Gasteiger partial charge < -0.3 is 10.3 Å². The molecule has 0 aliphatic heterocycles. The van der Waals surface area contributed by atoms with Gasteiger partial charge in [0, 0.05) is 5.92 Å². The highest BCUT2D eigenvalue weighted by atomic mass is 16.5. The highest BCUT2D eigenvalue weighted by molar-refractivity contribution is 5.03. The molecule has 0 aromatic carbocycles. The van der Waals surface area contributed by atoms with Crippen molar-refractivity contribution in [3.8, 4) is 0 Å². The van der Waals surface area contributed by atoms with Crippen LogP contribution >= 0.6 is 0 Å². The monoisotopic (exact) mass is 167 g/mol. The molecule has 2 N–H and O–H groups in total. The average Bonchev–Trinajstić information content (AvgIpc) is 2.83. The fourth-order valence-electron chi connectivity index (χ4n) is 1.08. The van der Waals surface area contributed by atoms with E-state index in [1.54, 1.807) is 0 Å². The third kappa shape index (κ3) is 1.34. The predicted octanol–water partition coefficient (Wildman–Crippen LogP) is 1.36. The summed E-state index contributed by atoms with van der Waals surface area (Å²) in [5.41, 5.74) is 5.74. The molecule has 0 spiro atoms. The van der Waals surface area contributed by atoms with Crippen LogP contribution in [0.2, 0.25) is 0 Å². The van der Waals surface area contributed by atoms with Gasteiger partial charge >= 0.3 is 0 Å². The minimum absolute atomic E-state index is 0.0683. The fraction of sp³-hybridized carbons (Fsp3) is 0.750. The minimum atomic E-state index is -0.0683. The van der Waals surface area contributed by atoms with Crippen molar-refractivity contribution in [2.24, 2.45) is 5.73 Å². The van der Waals surface area contributed by atoms with E-state index in [0.29, 0.717) is 11.7 Å². The van der Waals surface area contributed by atoms with Crippen LogP contribution in [0.1, 0.15) is 49.9 Å². The maximum absolute atomic E-state index is 5.74. The van der Waals surface area contributed by atoms with Crippen molar-refractivity contribution >= 4 is 0 Å². The Morgan fingerprint density at radius 3 is 3.00 bits per heavy atom. The van der Waals surface area contributed by atoms with Crippen LogP contribution in [0, 0.1) is 0 Å². The second kappa shape index (κ2) is 2.86. The van der Waals surface area contributed by atoms with Gasteiger partial charge in [0.25, 0.3) is 0 Å². The van der Waals surface area contributed by atoms with Crippen molar-refractivity contribution < 1.29 is 4.52 Å². The molecule has 1 atom stereocenters. The Kier molecular flexibility index (Phi) is 1.84. The first-order valence-corrected chi connectivity index (χ1v) is 4.40. The van der Waals surface area contributed by atoms with E-state index in [1.807, 2.05) is 6.92 Å². The molecule has 4 heteroatoms. The largest absolute Gasteiger partial charge is 0.339 e. The Morgan fingerprint density at radius 2 is 2.42 bits per heavy atom.